The minimum atomic E-state index is -0.371. The second-order valence-electron chi connectivity index (χ2n) is 15.6. The van der Waals surface area contributed by atoms with Gasteiger partial charge in [0.1, 0.15) is 81.3 Å². The molecule has 0 amide bonds. The van der Waals surface area contributed by atoms with Crippen LogP contribution in [0.15, 0.2) is 73.3 Å². The molecule has 20 nitrogen and oxygen atoms in total. The number of fused-ring (bicyclic) bond motifs is 2. The molecule has 0 spiro atoms. The van der Waals surface area contributed by atoms with Crippen LogP contribution in [0.3, 0.4) is 0 Å². The lowest BCUT2D eigenvalue weighted by Crippen LogP contribution is -2.37. The van der Waals surface area contributed by atoms with E-state index in [2.05, 4.69) is 30.8 Å². The summed E-state index contributed by atoms with van der Waals surface area (Å²) in [7, 11) is 8.77. The van der Waals surface area contributed by atoms with Gasteiger partial charge in [-0.2, -0.15) is 20.4 Å². The van der Waals surface area contributed by atoms with Crippen molar-refractivity contribution in [3.63, 3.8) is 0 Å². The lowest BCUT2D eigenvalue weighted by molar-refractivity contribution is -0.0423. The van der Waals surface area contributed by atoms with Gasteiger partial charge in [0.05, 0.1) is 62.7 Å². The van der Waals surface area contributed by atoms with Crippen LogP contribution in [-0.2, 0) is 32.4 Å². The van der Waals surface area contributed by atoms with Gasteiger partial charge in [0.15, 0.2) is 11.3 Å². The molecule has 1 saturated carbocycles. The number of pyridine rings is 4. The second kappa shape index (κ2) is 16.5. The number of nitrogens with zero attached hydrogens (tertiary/aromatic N) is 12. The highest BCUT2D eigenvalue weighted by molar-refractivity contribution is 5.86. The van der Waals surface area contributed by atoms with Crippen LogP contribution in [0.25, 0.3) is 44.8 Å². The first kappa shape index (κ1) is 39.8. The molecule has 2 atom stereocenters. The van der Waals surface area contributed by atoms with Crippen molar-refractivity contribution in [2.75, 3.05) is 31.5 Å². The maximum atomic E-state index is 10.0. The summed E-state index contributed by atoms with van der Waals surface area (Å²) in [4.78, 5) is 18.9. The molecule has 2 unspecified atom stereocenters. The Hall–Kier alpha value is -7.32. The number of ether oxygens (including phenoxy) is 5. The highest BCUT2D eigenvalue weighted by Crippen LogP contribution is 2.37. The first-order valence-electron chi connectivity index (χ1n) is 20.6. The number of aryl methyl sites for hydroxylation is 3. The predicted molar refractivity (Wildman–Crippen MR) is 232 cm³/mol. The van der Waals surface area contributed by atoms with Gasteiger partial charge in [-0.1, -0.05) is 0 Å². The van der Waals surface area contributed by atoms with E-state index in [1.54, 1.807) is 53.1 Å². The normalized spacial score (nSPS) is 18.6. The van der Waals surface area contributed by atoms with Gasteiger partial charge in [0, 0.05) is 83.5 Å². The summed E-state index contributed by atoms with van der Waals surface area (Å²) < 4.78 is 37.6. The number of rotatable bonds is 14. The minimum absolute atomic E-state index is 0.117. The van der Waals surface area contributed by atoms with E-state index in [4.69, 9.17) is 43.8 Å². The van der Waals surface area contributed by atoms with Crippen molar-refractivity contribution in [3.8, 4) is 45.8 Å². The lowest BCUT2D eigenvalue weighted by Gasteiger charge is -2.32. The van der Waals surface area contributed by atoms with Gasteiger partial charge in [-0.25, -0.2) is 14.6 Å². The monoisotopic (exact) mass is 854 g/mol. The third-order valence-corrected chi connectivity index (χ3v) is 11.3. The Balaban J connectivity index is 0.890. The zero-order valence-corrected chi connectivity index (χ0v) is 35.3. The van der Waals surface area contributed by atoms with Crippen LogP contribution >= 0.6 is 0 Å². The largest absolute Gasteiger partial charge is 0.494 e. The molecule has 8 aromatic rings. The van der Waals surface area contributed by atoms with Crippen molar-refractivity contribution in [1.82, 2.24) is 59.1 Å². The molecule has 3 N–H and O–H groups in total. The van der Waals surface area contributed by atoms with Crippen molar-refractivity contribution in [3.05, 3.63) is 73.3 Å². The van der Waals surface area contributed by atoms with Crippen LogP contribution in [-0.4, -0.2) is 109 Å². The van der Waals surface area contributed by atoms with Crippen LogP contribution in [0.2, 0.25) is 0 Å². The third-order valence-electron chi connectivity index (χ3n) is 11.3. The van der Waals surface area contributed by atoms with Crippen molar-refractivity contribution in [2.24, 2.45) is 21.1 Å². The van der Waals surface area contributed by atoms with Gasteiger partial charge in [-0.05, 0) is 24.3 Å². The van der Waals surface area contributed by atoms with E-state index in [1.165, 1.54) is 0 Å². The summed E-state index contributed by atoms with van der Waals surface area (Å²) in [5.41, 5.74) is 3.85. The Morgan fingerprint density at radius 2 is 1.27 bits per heavy atom. The highest BCUT2D eigenvalue weighted by Gasteiger charge is 2.31. The molecule has 20 heteroatoms. The molecule has 0 aromatic carbocycles. The van der Waals surface area contributed by atoms with Crippen LogP contribution in [0.4, 0.5) is 23.3 Å². The quantitative estimate of drug-likeness (QED) is 0.126. The predicted octanol–water partition coefficient (Wildman–Crippen LogP) is 5.34. The fourth-order valence-corrected chi connectivity index (χ4v) is 7.98. The van der Waals surface area contributed by atoms with Crippen molar-refractivity contribution in [1.29, 1.82) is 0 Å². The molecule has 9 heterocycles. The van der Waals surface area contributed by atoms with Gasteiger partial charge in [-0.15, -0.1) is 0 Å². The molecule has 0 bridgehead atoms. The van der Waals surface area contributed by atoms with Crippen LogP contribution in [0, 0.1) is 0 Å². The summed E-state index contributed by atoms with van der Waals surface area (Å²) in [5, 5.41) is 37.1. The third kappa shape index (κ3) is 7.89. The summed E-state index contributed by atoms with van der Waals surface area (Å²) >= 11 is 0. The molecule has 1 saturated heterocycles. The number of aliphatic hydroxyl groups is 1. The van der Waals surface area contributed by atoms with E-state index in [0.717, 1.165) is 10.8 Å². The molecule has 63 heavy (non-hydrogen) atoms. The molecular weight excluding hydrogens is 809 g/mol. The highest BCUT2D eigenvalue weighted by atomic mass is 16.5. The first-order valence-corrected chi connectivity index (χ1v) is 20.6. The molecular formula is C43H46N14O6. The van der Waals surface area contributed by atoms with Crippen LogP contribution in [0.5, 0.6) is 23.0 Å². The number of aromatic nitrogens is 12. The zero-order valence-electron chi connectivity index (χ0n) is 35.3. The fraction of sp³-hybridized carbons (Fsp3) is 0.349. The van der Waals surface area contributed by atoms with Crippen LogP contribution < -0.4 is 29.6 Å². The van der Waals surface area contributed by atoms with Gasteiger partial charge in [0.25, 0.3) is 0 Å². The summed E-state index contributed by atoms with van der Waals surface area (Å²) in [5.74, 6) is 5.01. The second-order valence-corrected chi connectivity index (χ2v) is 15.6. The Bertz CT molecular complexity index is 2930. The maximum Gasteiger partial charge on any atom is 0.164 e. The Morgan fingerprint density at radius 1 is 0.698 bits per heavy atom. The Kier molecular flexibility index (Phi) is 10.4. The molecule has 2 aliphatic rings. The number of aliphatic hydroxyl groups excluding tert-OH is 1. The average Bonchev–Trinajstić information content (AvgIpc) is 4.06. The van der Waals surface area contributed by atoms with Crippen molar-refractivity contribution >= 4 is 45.3 Å². The SMILES string of the molecule is COc1cccnc1-c1cc(Nc2cc(OC3CCOC(Cn4ncc5c(OC6CC(O)C6)cc(Nc6cc(-c7ncccc7OC)nn6C)nc54)C3)c3cnn(C)c3n2)n(C)n1. The number of hydrogen-bond donors (Lipinski definition) is 3. The number of hydrogen-bond acceptors (Lipinski definition) is 16. The zero-order chi connectivity index (χ0) is 43.2. The smallest absolute Gasteiger partial charge is 0.164 e. The average molecular weight is 855 g/mol. The molecule has 10 rings (SSSR count). The Labute approximate surface area is 360 Å². The standard InChI is InChI=1S/C43H46N14O6/c1-54-38(17-30(52-54)40-32(59-4)8-6-11-44-40)48-36-19-34(28-21-46-56(3)42(28)50-36)62-25-10-13-61-27(16-25)23-57-43-29(22-47-57)35(63-26-14-24(58)15-26)20-37(51-43)49-39-18-31(53-55(39)2)41-33(60-5)9-7-12-45-41/h6-9,11-12,17-22,24-27,58H,10,13-16,23H2,1-5H3,(H,48,50)(H,49,51). The van der Waals surface area contributed by atoms with E-state index in [0.29, 0.717) is 119 Å². The van der Waals surface area contributed by atoms with E-state index >= 15 is 0 Å². The van der Waals surface area contributed by atoms with E-state index in [9.17, 15) is 5.11 Å². The van der Waals surface area contributed by atoms with E-state index in [-0.39, 0.29) is 24.4 Å². The number of methoxy groups -OCH3 is 2. The van der Waals surface area contributed by atoms with Crippen molar-refractivity contribution < 1.29 is 28.8 Å². The van der Waals surface area contributed by atoms with Gasteiger partial charge in [0.2, 0.25) is 0 Å². The molecule has 0 radical (unpaired) electrons. The van der Waals surface area contributed by atoms with Gasteiger partial charge >= 0.3 is 0 Å². The van der Waals surface area contributed by atoms with E-state index < -0.39 is 0 Å². The number of anilines is 4. The van der Waals surface area contributed by atoms with Crippen LogP contribution in [0.1, 0.15) is 25.7 Å². The van der Waals surface area contributed by atoms with Crippen molar-refractivity contribution in [2.45, 2.75) is 56.6 Å². The first-order chi connectivity index (χ1) is 30.7. The topological polar surface area (TPSA) is 213 Å². The van der Waals surface area contributed by atoms with E-state index in [1.807, 2.05) is 74.4 Å². The molecule has 1 aliphatic carbocycles. The lowest BCUT2D eigenvalue weighted by atomic mass is 9.92. The Morgan fingerprint density at radius 3 is 1.87 bits per heavy atom. The molecule has 8 aromatic heterocycles. The molecule has 1 aliphatic heterocycles. The number of nitrogens with one attached hydrogen (secondary N) is 2. The maximum absolute atomic E-state index is 10.0. The van der Waals surface area contributed by atoms with Gasteiger partial charge < -0.3 is 39.4 Å². The van der Waals surface area contributed by atoms with Gasteiger partial charge in [-0.3, -0.25) is 24.0 Å². The summed E-state index contributed by atoms with van der Waals surface area (Å²) in [6, 6.07) is 14.9. The minimum Gasteiger partial charge on any atom is -0.494 e. The fourth-order valence-electron chi connectivity index (χ4n) is 7.98. The molecule has 324 valence electrons. The summed E-state index contributed by atoms with van der Waals surface area (Å²) in [6.45, 7) is 0.921. The summed E-state index contributed by atoms with van der Waals surface area (Å²) in [6.07, 6.45) is 8.46. The molecule has 2 fully saturated rings.